The van der Waals surface area contributed by atoms with Crippen LogP contribution in [0.2, 0.25) is 0 Å². The molecule has 0 radical (unpaired) electrons. The summed E-state index contributed by atoms with van der Waals surface area (Å²) in [7, 11) is 0. The second kappa shape index (κ2) is 7.26. The number of carbonyl (C=O) groups excluding carboxylic acids is 1. The zero-order valence-corrected chi connectivity index (χ0v) is 16.8. The molecule has 1 aliphatic heterocycles. The van der Waals surface area contributed by atoms with Crippen LogP contribution in [0.5, 0.6) is 0 Å². The summed E-state index contributed by atoms with van der Waals surface area (Å²) in [6, 6.07) is 9.33. The van der Waals surface area contributed by atoms with Crippen molar-refractivity contribution < 1.29 is 4.79 Å². The Balaban J connectivity index is 1.65. The van der Waals surface area contributed by atoms with Crippen molar-refractivity contribution in [2.45, 2.75) is 52.6 Å². The van der Waals surface area contributed by atoms with Crippen LogP contribution < -0.4 is 10.6 Å². The van der Waals surface area contributed by atoms with E-state index in [1.54, 1.807) is 0 Å². The lowest BCUT2D eigenvalue weighted by Crippen LogP contribution is -2.28. The van der Waals surface area contributed by atoms with E-state index in [2.05, 4.69) is 55.0 Å². The molecule has 28 heavy (non-hydrogen) atoms. The van der Waals surface area contributed by atoms with Gasteiger partial charge in [-0.15, -0.1) is 0 Å². The molecule has 1 aromatic carbocycles. The molecular weight excluding hydrogens is 350 g/mol. The highest BCUT2D eigenvalue weighted by Crippen LogP contribution is 2.34. The highest BCUT2D eigenvalue weighted by Gasteiger charge is 2.22. The molecule has 3 heterocycles. The smallest absolute Gasteiger partial charge is 0.217 e. The van der Waals surface area contributed by atoms with Gasteiger partial charge >= 0.3 is 0 Å². The largest absolute Gasteiger partial charge is 0.370 e. The van der Waals surface area contributed by atoms with Crippen LogP contribution in [-0.2, 0) is 17.8 Å². The predicted octanol–water partition coefficient (Wildman–Crippen LogP) is 3.44. The van der Waals surface area contributed by atoms with E-state index < -0.39 is 0 Å². The van der Waals surface area contributed by atoms with E-state index in [0.29, 0.717) is 25.4 Å². The second-order valence-corrected chi connectivity index (χ2v) is 7.88. The minimum Gasteiger partial charge on any atom is -0.370 e. The third-order valence-electron chi connectivity index (χ3n) is 5.51. The monoisotopic (exact) mass is 377 g/mol. The summed E-state index contributed by atoms with van der Waals surface area (Å²) in [6.45, 7) is 8.32. The lowest BCUT2D eigenvalue weighted by Gasteiger charge is -2.24. The van der Waals surface area contributed by atoms with Crippen molar-refractivity contribution in [3.05, 3.63) is 41.6 Å². The molecule has 0 spiro atoms. The van der Waals surface area contributed by atoms with Gasteiger partial charge in [0, 0.05) is 36.8 Å². The van der Waals surface area contributed by atoms with Crippen LogP contribution in [0.1, 0.15) is 37.8 Å². The Labute approximate surface area is 165 Å². The zero-order chi connectivity index (χ0) is 19.8. The van der Waals surface area contributed by atoms with Crippen LogP contribution >= 0.6 is 0 Å². The minimum atomic E-state index is -0.277. The summed E-state index contributed by atoms with van der Waals surface area (Å²) in [5.41, 5.74) is 13.2. The molecule has 6 heteroatoms. The minimum absolute atomic E-state index is 0.277. The maximum atomic E-state index is 11.0. The molecule has 2 N–H and O–H groups in total. The molecule has 0 atom stereocenters. The van der Waals surface area contributed by atoms with Gasteiger partial charge in [-0.2, -0.15) is 5.10 Å². The molecule has 0 unspecified atom stereocenters. The van der Waals surface area contributed by atoms with E-state index in [0.717, 1.165) is 40.8 Å². The molecule has 0 saturated carbocycles. The summed E-state index contributed by atoms with van der Waals surface area (Å²) in [5, 5.41) is 4.47. The summed E-state index contributed by atoms with van der Waals surface area (Å²) in [6.07, 6.45) is 3.95. The Morgan fingerprint density at radius 2 is 2.11 bits per heavy atom. The fourth-order valence-corrected chi connectivity index (χ4v) is 4.14. The number of rotatable bonds is 6. The summed E-state index contributed by atoms with van der Waals surface area (Å²) < 4.78 is 1.92. The zero-order valence-electron chi connectivity index (χ0n) is 16.8. The Morgan fingerprint density at radius 3 is 2.86 bits per heavy atom. The summed E-state index contributed by atoms with van der Waals surface area (Å²) in [5.74, 6) is -0.277. The first kappa shape index (κ1) is 18.5. The first-order valence-corrected chi connectivity index (χ1v) is 9.95. The summed E-state index contributed by atoms with van der Waals surface area (Å²) in [4.78, 5) is 18.3. The van der Waals surface area contributed by atoms with E-state index in [9.17, 15) is 4.79 Å². The van der Waals surface area contributed by atoms with Crippen molar-refractivity contribution in [1.29, 1.82) is 0 Å². The number of pyridine rings is 1. The number of benzene rings is 1. The first-order valence-electron chi connectivity index (χ1n) is 9.95. The van der Waals surface area contributed by atoms with Gasteiger partial charge in [0.1, 0.15) is 5.52 Å². The van der Waals surface area contributed by atoms with Gasteiger partial charge in [0.15, 0.2) is 0 Å². The average Bonchev–Trinajstić information content (AvgIpc) is 3.25. The van der Waals surface area contributed by atoms with Crippen LogP contribution in [-0.4, -0.2) is 33.3 Å². The van der Waals surface area contributed by atoms with E-state index >= 15 is 0 Å². The van der Waals surface area contributed by atoms with E-state index in [-0.39, 0.29) is 5.91 Å². The van der Waals surface area contributed by atoms with Gasteiger partial charge in [0.2, 0.25) is 5.91 Å². The predicted molar refractivity (Wildman–Crippen MR) is 112 cm³/mol. The number of nitrogens with zero attached hydrogens (tertiary/aromatic N) is 4. The highest BCUT2D eigenvalue weighted by molar-refractivity contribution is 5.82. The number of hydrogen-bond donors (Lipinski definition) is 1. The Hall–Kier alpha value is -2.89. The van der Waals surface area contributed by atoms with Crippen molar-refractivity contribution in [2.24, 2.45) is 5.73 Å². The van der Waals surface area contributed by atoms with Gasteiger partial charge in [-0.05, 0) is 62.9 Å². The van der Waals surface area contributed by atoms with Gasteiger partial charge in [0.05, 0.1) is 17.4 Å². The number of hydrogen-bond acceptors (Lipinski definition) is 4. The lowest BCUT2D eigenvalue weighted by atomic mass is 10.0. The van der Waals surface area contributed by atoms with Gasteiger partial charge < -0.3 is 10.6 Å². The maximum absolute atomic E-state index is 11.0. The van der Waals surface area contributed by atoms with Gasteiger partial charge in [-0.3, -0.25) is 9.48 Å². The molecule has 2 aromatic heterocycles. The van der Waals surface area contributed by atoms with Crippen LogP contribution in [0.15, 0.2) is 30.5 Å². The van der Waals surface area contributed by atoms with Crippen LogP contribution in [0.25, 0.3) is 22.3 Å². The Morgan fingerprint density at radius 1 is 1.29 bits per heavy atom. The number of amides is 1. The Bertz CT molecular complexity index is 1040. The average molecular weight is 377 g/mol. The molecule has 4 rings (SSSR count). The SMILES string of the molecule is Cc1cc(-c2ccc3c(c2)CCN3C(C)C)nc2cnn(CCCC(N)=O)c12. The molecular formula is C22H27N5O. The fraction of sp³-hybridized carbons (Fsp3) is 0.409. The molecule has 1 amide bonds. The number of primary amides is 1. The molecule has 0 aliphatic carbocycles. The quantitative estimate of drug-likeness (QED) is 0.714. The number of carbonyl (C=O) groups is 1. The maximum Gasteiger partial charge on any atom is 0.217 e. The molecule has 1 aliphatic rings. The Kier molecular flexibility index (Phi) is 4.79. The number of anilines is 1. The molecule has 0 fully saturated rings. The van der Waals surface area contributed by atoms with Crippen molar-refractivity contribution in [1.82, 2.24) is 14.8 Å². The first-order chi connectivity index (χ1) is 13.4. The molecule has 3 aromatic rings. The second-order valence-electron chi connectivity index (χ2n) is 7.88. The van der Waals surface area contributed by atoms with Gasteiger partial charge in [0.25, 0.3) is 0 Å². The molecule has 146 valence electrons. The third-order valence-corrected chi connectivity index (χ3v) is 5.51. The number of aryl methyl sites for hydroxylation is 2. The van der Waals surface area contributed by atoms with Crippen molar-refractivity contribution in [2.75, 3.05) is 11.4 Å². The third kappa shape index (κ3) is 3.35. The molecule has 0 saturated heterocycles. The van der Waals surface area contributed by atoms with Gasteiger partial charge in [-0.1, -0.05) is 6.07 Å². The van der Waals surface area contributed by atoms with E-state index in [4.69, 9.17) is 10.7 Å². The summed E-state index contributed by atoms with van der Waals surface area (Å²) >= 11 is 0. The van der Waals surface area contributed by atoms with E-state index in [1.807, 2.05) is 10.9 Å². The number of aromatic nitrogens is 3. The number of nitrogens with two attached hydrogens (primary N) is 1. The van der Waals surface area contributed by atoms with Crippen molar-refractivity contribution in [3.63, 3.8) is 0 Å². The highest BCUT2D eigenvalue weighted by atomic mass is 16.1. The molecule has 6 nitrogen and oxygen atoms in total. The van der Waals surface area contributed by atoms with Gasteiger partial charge in [-0.25, -0.2) is 4.98 Å². The van der Waals surface area contributed by atoms with Crippen molar-refractivity contribution in [3.8, 4) is 11.3 Å². The standard InChI is InChI=1S/C22H27N5O/c1-14(2)26-10-8-17-12-16(6-7-20(17)26)18-11-15(3)22-19(25-18)13-24-27(22)9-4-5-21(23)28/h6-7,11-14H,4-5,8-10H2,1-3H3,(H2,23,28). The molecule has 0 bridgehead atoms. The normalized spacial score (nSPS) is 13.5. The van der Waals surface area contributed by atoms with Crippen LogP contribution in [0.4, 0.5) is 5.69 Å². The van der Waals surface area contributed by atoms with E-state index in [1.165, 1.54) is 11.3 Å². The number of fused-ring (bicyclic) bond motifs is 2. The topological polar surface area (TPSA) is 77.0 Å². The lowest BCUT2D eigenvalue weighted by molar-refractivity contribution is -0.118. The fourth-order valence-electron chi connectivity index (χ4n) is 4.14. The van der Waals surface area contributed by atoms with Crippen molar-refractivity contribution >= 4 is 22.6 Å². The van der Waals surface area contributed by atoms with Crippen LogP contribution in [0, 0.1) is 6.92 Å². The van der Waals surface area contributed by atoms with Crippen LogP contribution in [0.3, 0.4) is 0 Å².